The molecule has 0 saturated carbocycles. The normalized spacial score (nSPS) is 20.8. The lowest BCUT2D eigenvalue weighted by Gasteiger charge is -2.45. The Morgan fingerprint density at radius 1 is 0.475 bits per heavy atom. The van der Waals surface area contributed by atoms with Gasteiger partial charge in [-0.2, -0.15) is 0 Å². The van der Waals surface area contributed by atoms with Gasteiger partial charge in [-0.05, 0) is 48.7 Å². The molecule has 8 N–H and O–H groups in total. The molecular weight excluding hydrogens is 901 g/mol. The topological polar surface area (TPSA) is 354 Å². The number of thioether (sulfide) groups is 4. The van der Waals surface area contributed by atoms with Gasteiger partial charge in [-0.25, -0.2) is 0 Å². The van der Waals surface area contributed by atoms with Gasteiger partial charge in [0.05, 0.1) is 32.3 Å². The van der Waals surface area contributed by atoms with Gasteiger partial charge in [0.15, 0.2) is 6.29 Å². The third-order valence-corrected chi connectivity index (χ3v) is 13.3. The van der Waals surface area contributed by atoms with Gasteiger partial charge in [-0.1, -0.05) is 0 Å². The van der Waals surface area contributed by atoms with Crippen molar-refractivity contribution in [1.82, 2.24) is 0 Å². The van der Waals surface area contributed by atoms with Crippen LogP contribution in [0.2, 0.25) is 0 Å². The average Bonchev–Trinajstić information content (AvgIpc) is 3.16. The van der Waals surface area contributed by atoms with E-state index in [1.165, 1.54) is 7.11 Å². The van der Waals surface area contributed by atoms with Gasteiger partial charge >= 0.3 is 47.8 Å². The Bertz CT molecular complexity index is 1410. The van der Waals surface area contributed by atoms with Gasteiger partial charge in [-0.15, -0.1) is 47.0 Å². The molecule has 26 heteroatoms. The van der Waals surface area contributed by atoms with E-state index in [4.69, 9.17) is 48.8 Å². The van der Waals surface area contributed by atoms with Gasteiger partial charge in [0, 0.05) is 33.5 Å². The second-order valence-electron chi connectivity index (χ2n) is 13.0. The van der Waals surface area contributed by atoms with Gasteiger partial charge in [-0.3, -0.25) is 38.4 Å². The first-order chi connectivity index (χ1) is 28.9. The van der Waals surface area contributed by atoms with E-state index in [0.717, 1.165) is 47.0 Å². The fourth-order valence-electron chi connectivity index (χ4n) is 5.37. The molecule has 0 spiro atoms. The van der Waals surface area contributed by atoms with E-state index in [2.05, 4.69) is 0 Å². The number of aliphatic carboxylic acids is 8. The van der Waals surface area contributed by atoms with Crippen LogP contribution >= 0.6 is 47.0 Å². The van der Waals surface area contributed by atoms with Crippen LogP contribution in [-0.2, 0) is 66.8 Å². The van der Waals surface area contributed by atoms with Crippen molar-refractivity contribution in [2.75, 3.05) is 63.2 Å². The van der Waals surface area contributed by atoms with E-state index in [1.54, 1.807) is 0 Å². The molecule has 0 radical (unpaired) electrons. The van der Waals surface area contributed by atoms with Crippen molar-refractivity contribution in [3.05, 3.63) is 0 Å². The fourth-order valence-corrected chi connectivity index (χ4v) is 9.26. The molecule has 22 nitrogen and oxygen atoms in total. The van der Waals surface area contributed by atoms with E-state index in [9.17, 15) is 58.8 Å². The van der Waals surface area contributed by atoms with Crippen molar-refractivity contribution >= 4 is 94.8 Å². The highest BCUT2D eigenvalue weighted by Crippen LogP contribution is 2.31. The third-order valence-electron chi connectivity index (χ3n) is 8.15. The van der Waals surface area contributed by atoms with Crippen LogP contribution in [-0.4, -0.2) is 203 Å². The molecule has 1 fully saturated rings. The van der Waals surface area contributed by atoms with E-state index in [1.807, 2.05) is 0 Å². The Labute approximate surface area is 367 Å². The molecule has 1 aliphatic heterocycles. The Morgan fingerprint density at radius 3 is 1.10 bits per heavy atom. The predicted molar refractivity (Wildman–Crippen MR) is 219 cm³/mol. The second-order valence-corrected chi connectivity index (χ2v) is 18.2. The Balaban J connectivity index is 3.25. The smallest absolute Gasteiger partial charge is 0.317 e. The minimum atomic E-state index is -1.29. The van der Waals surface area contributed by atoms with Crippen molar-refractivity contribution in [3.63, 3.8) is 0 Å². The average molecular weight is 955 g/mol. The molecule has 0 bridgehead atoms. The van der Waals surface area contributed by atoms with Crippen LogP contribution < -0.4 is 0 Å². The summed E-state index contributed by atoms with van der Waals surface area (Å²) < 4.78 is 36.5. The third kappa shape index (κ3) is 24.4. The molecule has 61 heavy (non-hydrogen) atoms. The highest BCUT2D eigenvalue weighted by atomic mass is 32.2. The van der Waals surface area contributed by atoms with Gasteiger partial charge in [0.1, 0.15) is 45.4 Å². The number of carboxylic acids is 8. The Kier molecular flexibility index (Phi) is 29.1. The zero-order valence-electron chi connectivity index (χ0n) is 33.1. The molecule has 0 aromatic heterocycles. The molecular formula is C35H54O22S4. The number of carboxylic acid groups (broad SMARTS) is 8. The minimum absolute atomic E-state index is 0.00689. The molecule has 0 aliphatic carbocycles. The van der Waals surface area contributed by atoms with Crippen molar-refractivity contribution < 1.29 is 108 Å². The molecule has 1 saturated heterocycles. The van der Waals surface area contributed by atoms with Crippen LogP contribution in [0.15, 0.2) is 0 Å². The van der Waals surface area contributed by atoms with Crippen LogP contribution in [0, 0.1) is 0 Å². The summed E-state index contributed by atoms with van der Waals surface area (Å²) in [6.07, 6.45) is -6.31. The summed E-state index contributed by atoms with van der Waals surface area (Å²) in [4.78, 5) is 90.4. The molecule has 9 atom stereocenters. The quantitative estimate of drug-likeness (QED) is 0.0409. The SMILES string of the molecule is CO[C@H]1O[C@H](COCCCSC(CC(=O)O)C(=O)O)[C@@H](OCCCSC(CC(=O)O)C(=O)O)[C@@H](OCCCSC(CC(=O)O)C(=O)O)[C@H]1OCCCSC(CC(=O)O)C(=O)O. The number of methoxy groups -OCH3 is 1. The summed E-state index contributed by atoms with van der Waals surface area (Å²) >= 11 is 3.69. The standard InChI is InChI=1S/C35H54O22S4/c1-52-35-30(56-9-5-13-61-23(34(50)51)17-27(42)43)29(55-8-4-12-60-22(33(48)49)16-26(40)41)28(54-7-3-11-59-21(32(46)47)15-25(38)39)19(57-35)18-53-6-2-10-58-20(31(44)45)14-24(36)37/h19-23,28-30,35H,2-18H2,1H3,(H,36,37)(H,38,39)(H,40,41)(H,42,43)(H,44,45)(H,46,47)(H,48,49)(H,50,51)/t19-,20?,21?,22?,23?,28-,29-,30-,35+/m1/s1. The largest absolute Gasteiger partial charge is 0.481 e. The Morgan fingerprint density at radius 2 is 0.787 bits per heavy atom. The molecule has 1 heterocycles. The van der Waals surface area contributed by atoms with Crippen LogP contribution in [0.4, 0.5) is 0 Å². The van der Waals surface area contributed by atoms with Crippen molar-refractivity contribution in [3.8, 4) is 0 Å². The molecule has 0 amide bonds. The Hall–Kier alpha value is -3.08. The lowest BCUT2D eigenvalue weighted by Crippen LogP contribution is -2.62. The van der Waals surface area contributed by atoms with E-state index in [-0.39, 0.29) is 75.3 Å². The second kappa shape index (κ2) is 31.7. The van der Waals surface area contributed by atoms with E-state index in [0.29, 0.717) is 6.42 Å². The first kappa shape index (κ1) is 55.9. The van der Waals surface area contributed by atoms with Crippen LogP contribution in [0.5, 0.6) is 0 Å². The molecule has 1 aliphatic rings. The summed E-state index contributed by atoms with van der Waals surface area (Å²) in [5.41, 5.74) is 0. The number of carbonyl (C=O) groups is 8. The lowest BCUT2D eigenvalue weighted by atomic mass is 9.98. The van der Waals surface area contributed by atoms with Gasteiger partial charge in [0.2, 0.25) is 0 Å². The fraction of sp³-hybridized carbons (Fsp3) is 0.771. The molecule has 0 aromatic rings. The highest BCUT2D eigenvalue weighted by molar-refractivity contribution is 8.01. The van der Waals surface area contributed by atoms with Crippen LogP contribution in [0.25, 0.3) is 0 Å². The van der Waals surface area contributed by atoms with Crippen LogP contribution in [0.1, 0.15) is 51.4 Å². The van der Waals surface area contributed by atoms with Gasteiger partial charge in [0.25, 0.3) is 0 Å². The summed E-state index contributed by atoms with van der Waals surface area (Å²) in [7, 11) is 1.34. The van der Waals surface area contributed by atoms with E-state index < -0.39 is 125 Å². The summed E-state index contributed by atoms with van der Waals surface area (Å²) in [5, 5.41) is 69.0. The molecule has 1 rings (SSSR count). The monoisotopic (exact) mass is 954 g/mol. The summed E-state index contributed by atoms with van der Waals surface area (Å²) in [5.74, 6) is -9.39. The number of hydrogen-bond donors (Lipinski definition) is 8. The predicted octanol–water partition coefficient (Wildman–Crippen LogP) is 1.73. The molecule has 4 unspecified atom stereocenters. The molecule has 0 aromatic carbocycles. The van der Waals surface area contributed by atoms with Crippen LogP contribution in [0.3, 0.4) is 0 Å². The zero-order chi connectivity index (χ0) is 45.9. The van der Waals surface area contributed by atoms with Crippen molar-refractivity contribution in [2.45, 2.75) is 103 Å². The maximum Gasteiger partial charge on any atom is 0.317 e. The first-order valence-corrected chi connectivity index (χ1v) is 22.9. The first-order valence-electron chi connectivity index (χ1n) is 18.7. The minimum Gasteiger partial charge on any atom is -0.481 e. The lowest BCUT2D eigenvalue weighted by molar-refractivity contribution is -0.318. The maximum absolute atomic E-state index is 11.6. The number of rotatable bonds is 38. The zero-order valence-corrected chi connectivity index (χ0v) is 36.4. The highest BCUT2D eigenvalue weighted by Gasteiger charge is 2.48. The van der Waals surface area contributed by atoms with Crippen molar-refractivity contribution in [1.29, 1.82) is 0 Å². The maximum atomic E-state index is 11.6. The number of hydrogen-bond acceptors (Lipinski definition) is 18. The molecule has 350 valence electrons. The summed E-state index contributed by atoms with van der Waals surface area (Å²) in [6, 6.07) is 0. The van der Waals surface area contributed by atoms with Crippen molar-refractivity contribution in [2.24, 2.45) is 0 Å². The summed E-state index contributed by atoms with van der Waals surface area (Å²) in [6.45, 7) is -0.0766. The number of ether oxygens (including phenoxy) is 6. The van der Waals surface area contributed by atoms with E-state index >= 15 is 0 Å². The van der Waals surface area contributed by atoms with Gasteiger partial charge < -0.3 is 69.3 Å².